The van der Waals surface area contributed by atoms with E-state index in [9.17, 15) is 9.90 Å². The van der Waals surface area contributed by atoms with Crippen molar-refractivity contribution in [1.29, 1.82) is 0 Å². The maximum atomic E-state index is 10.4. The first kappa shape index (κ1) is 11.5. The van der Waals surface area contributed by atoms with Crippen molar-refractivity contribution in [2.75, 3.05) is 7.11 Å². The molecule has 5 heteroatoms. The lowest BCUT2D eigenvalue weighted by molar-refractivity contribution is -0.146. The molecule has 1 heterocycles. The monoisotopic (exact) mass is 211 g/mol. The van der Waals surface area contributed by atoms with Gasteiger partial charge in [0.2, 0.25) is 5.88 Å². The van der Waals surface area contributed by atoms with Crippen molar-refractivity contribution in [1.82, 2.24) is 4.98 Å². The molecule has 0 saturated heterocycles. The largest absolute Gasteiger partial charge is 0.481 e. The minimum absolute atomic E-state index is 0.0506. The number of pyridine rings is 1. The maximum Gasteiger partial charge on any atom is 0.332 e. The molecule has 15 heavy (non-hydrogen) atoms. The Balaban J connectivity index is 2.85. The van der Waals surface area contributed by atoms with Crippen LogP contribution in [0.25, 0.3) is 0 Å². The van der Waals surface area contributed by atoms with E-state index in [0.29, 0.717) is 11.4 Å². The fourth-order valence-electron chi connectivity index (χ4n) is 1.24. The number of carboxylic acid groups (broad SMARTS) is 1. The first-order chi connectivity index (χ1) is 7.02. The molecule has 1 aromatic rings. The number of methoxy groups -OCH3 is 1. The molecule has 0 aliphatic rings. The number of hydrogen-bond acceptors (Lipinski definition) is 4. The van der Waals surface area contributed by atoms with E-state index in [4.69, 9.17) is 9.84 Å². The molecule has 82 valence electrons. The molecular formula is C10H13NO4. The van der Waals surface area contributed by atoms with Gasteiger partial charge in [-0.05, 0) is 18.6 Å². The minimum Gasteiger partial charge on any atom is -0.481 e. The summed E-state index contributed by atoms with van der Waals surface area (Å²) in [5, 5.41) is 17.7. The molecule has 5 nitrogen and oxygen atoms in total. The van der Waals surface area contributed by atoms with Crippen LogP contribution in [0.3, 0.4) is 0 Å². The Morgan fingerprint density at radius 2 is 2.27 bits per heavy atom. The van der Waals surface area contributed by atoms with Gasteiger partial charge >= 0.3 is 5.97 Å². The van der Waals surface area contributed by atoms with Crippen molar-refractivity contribution in [3.8, 4) is 5.88 Å². The summed E-state index contributed by atoms with van der Waals surface area (Å²) in [7, 11) is 1.49. The second-order valence-electron chi connectivity index (χ2n) is 3.22. The summed E-state index contributed by atoms with van der Waals surface area (Å²) in [4.78, 5) is 14.5. The zero-order valence-electron chi connectivity index (χ0n) is 8.60. The molecule has 2 N–H and O–H groups in total. The van der Waals surface area contributed by atoms with E-state index >= 15 is 0 Å². The Labute approximate surface area is 87.3 Å². The van der Waals surface area contributed by atoms with Crippen molar-refractivity contribution in [3.05, 3.63) is 23.4 Å². The quantitative estimate of drug-likeness (QED) is 0.753. The Bertz CT molecular complexity index is 364. The summed E-state index contributed by atoms with van der Waals surface area (Å²) in [6.45, 7) is 1.78. The van der Waals surface area contributed by atoms with Gasteiger partial charge < -0.3 is 14.9 Å². The Morgan fingerprint density at radius 1 is 1.60 bits per heavy atom. The molecule has 1 atom stereocenters. The van der Waals surface area contributed by atoms with Crippen molar-refractivity contribution < 1.29 is 19.7 Å². The molecular weight excluding hydrogens is 198 g/mol. The summed E-state index contributed by atoms with van der Waals surface area (Å²) in [6, 6.07) is 3.33. The van der Waals surface area contributed by atoms with Gasteiger partial charge in [-0.15, -0.1) is 0 Å². The van der Waals surface area contributed by atoms with Gasteiger partial charge in [0.05, 0.1) is 7.11 Å². The zero-order chi connectivity index (χ0) is 11.4. The van der Waals surface area contributed by atoms with E-state index in [2.05, 4.69) is 4.98 Å². The summed E-state index contributed by atoms with van der Waals surface area (Å²) in [5.74, 6) is -0.814. The van der Waals surface area contributed by atoms with Gasteiger partial charge in [-0.3, -0.25) is 0 Å². The second-order valence-corrected chi connectivity index (χ2v) is 3.22. The van der Waals surface area contributed by atoms with Gasteiger partial charge in [-0.1, -0.05) is 0 Å². The molecule has 0 amide bonds. The number of hydrogen-bond donors (Lipinski definition) is 2. The van der Waals surface area contributed by atoms with E-state index in [1.165, 1.54) is 7.11 Å². The zero-order valence-corrected chi connectivity index (χ0v) is 8.60. The highest BCUT2D eigenvalue weighted by Crippen LogP contribution is 2.13. The first-order valence-electron chi connectivity index (χ1n) is 4.45. The molecule has 0 fully saturated rings. The first-order valence-corrected chi connectivity index (χ1v) is 4.45. The third-order valence-corrected chi connectivity index (χ3v) is 1.91. The van der Waals surface area contributed by atoms with Crippen molar-refractivity contribution >= 4 is 5.97 Å². The van der Waals surface area contributed by atoms with Crippen LogP contribution in [0.1, 0.15) is 11.3 Å². The normalized spacial score (nSPS) is 12.2. The summed E-state index contributed by atoms with van der Waals surface area (Å²) in [6.07, 6.45) is -1.34. The summed E-state index contributed by atoms with van der Waals surface area (Å²) >= 11 is 0. The molecule has 0 radical (unpaired) electrons. The number of carboxylic acids is 1. The number of ether oxygens (including phenoxy) is 1. The topological polar surface area (TPSA) is 79.7 Å². The third kappa shape index (κ3) is 3.21. The average Bonchev–Trinajstić information content (AvgIpc) is 2.16. The smallest absolute Gasteiger partial charge is 0.332 e. The van der Waals surface area contributed by atoms with E-state index in [1.54, 1.807) is 19.1 Å². The molecule has 0 bridgehead atoms. The van der Waals surface area contributed by atoms with Crippen LogP contribution in [0, 0.1) is 6.92 Å². The van der Waals surface area contributed by atoms with Gasteiger partial charge in [0, 0.05) is 18.2 Å². The number of nitrogens with zero attached hydrogens (tertiary/aromatic N) is 1. The van der Waals surface area contributed by atoms with Gasteiger partial charge in [0.15, 0.2) is 6.10 Å². The number of aryl methyl sites for hydroxylation is 1. The third-order valence-electron chi connectivity index (χ3n) is 1.91. The molecule has 0 aromatic carbocycles. The average molecular weight is 211 g/mol. The van der Waals surface area contributed by atoms with Crippen LogP contribution < -0.4 is 4.74 Å². The van der Waals surface area contributed by atoms with Crippen LogP contribution in [0.2, 0.25) is 0 Å². The highest BCUT2D eigenvalue weighted by Gasteiger charge is 2.14. The van der Waals surface area contributed by atoms with Gasteiger partial charge in [0.25, 0.3) is 0 Å². The molecule has 1 rings (SSSR count). The van der Waals surface area contributed by atoms with Gasteiger partial charge in [-0.25, -0.2) is 9.78 Å². The van der Waals surface area contributed by atoms with Crippen LogP contribution in [0.15, 0.2) is 12.1 Å². The molecule has 1 unspecified atom stereocenters. The van der Waals surface area contributed by atoms with E-state index in [0.717, 1.165) is 5.69 Å². The SMILES string of the molecule is COc1cc(CC(O)C(=O)O)cc(C)n1. The molecule has 0 aliphatic carbocycles. The fraction of sp³-hybridized carbons (Fsp3) is 0.400. The van der Waals surface area contributed by atoms with Crippen LogP contribution in [-0.2, 0) is 11.2 Å². The number of aliphatic hydroxyl groups is 1. The van der Waals surface area contributed by atoms with Crippen molar-refractivity contribution in [2.45, 2.75) is 19.4 Å². The van der Waals surface area contributed by atoms with Crippen LogP contribution in [0.4, 0.5) is 0 Å². The maximum absolute atomic E-state index is 10.4. The summed E-state index contributed by atoms with van der Waals surface area (Å²) < 4.78 is 4.94. The summed E-state index contributed by atoms with van der Waals surface area (Å²) in [5.41, 5.74) is 1.41. The highest BCUT2D eigenvalue weighted by molar-refractivity contribution is 5.72. The molecule has 0 aliphatic heterocycles. The lowest BCUT2D eigenvalue weighted by atomic mass is 10.1. The lowest BCUT2D eigenvalue weighted by Crippen LogP contribution is -2.22. The standard InChI is InChI=1S/C10H13NO4/c1-6-3-7(4-8(12)10(13)14)5-9(11-6)15-2/h3,5,8,12H,4H2,1-2H3,(H,13,14). The Morgan fingerprint density at radius 3 is 2.80 bits per heavy atom. The predicted octanol–water partition coefficient (Wildman–Crippen LogP) is 0.387. The Hall–Kier alpha value is -1.62. The van der Waals surface area contributed by atoms with Gasteiger partial charge in [-0.2, -0.15) is 0 Å². The number of rotatable bonds is 4. The number of carbonyl (C=O) groups is 1. The fourth-order valence-corrected chi connectivity index (χ4v) is 1.24. The predicted molar refractivity (Wildman–Crippen MR) is 52.9 cm³/mol. The Kier molecular flexibility index (Phi) is 3.62. The lowest BCUT2D eigenvalue weighted by Gasteiger charge is -2.07. The van der Waals surface area contributed by atoms with E-state index in [1.807, 2.05) is 0 Å². The minimum atomic E-state index is -1.39. The van der Waals surface area contributed by atoms with E-state index in [-0.39, 0.29) is 6.42 Å². The highest BCUT2D eigenvalue weighted by atomic mass is 16.5. The number of aliphatic carboxylic acids is 1. The van der Waals surface area contributed by atoms with Crippen molar-refractivity contribution in [3.63, 3.8) is 0 Å². The van der Waals surface area contributed by atoms with Crippen molar-refractivity contribution in [2.24, 2.45) is 0 Å². The second kappa shape index (κ2) is 4.75. The molecule has 0 saturated carbocycles. The number of aliphatic hydroxyl groups excluding tert-OH is 1. The van der Waals surface area contributed by atoms with Crippen LogP contribution >= 0.6 is 0 Å². The van der Waals surface area contributed by atoms with Crippen LogP contribution in [-0.4, -0.2) is 34.4 Å². The molecule has 0 spiro atoms. The van der Waals surface area contributed by atoms with Gasteiger partial charge in [0.1, 0.15) is 0 Å². The van der Waals surface area contributed by atoms with E-state index < -0.39 is 12.1 Å². The molecule has 1 aromatic heterocycles. The number of aromatic nitrogens is 1. The van der Waals surface area contributed by atoms with Crippen LogP contribution in [0.5, 0.6) is 5.88 Å².